The van der Waals surface area contributed by atoms with E-state index in [9.17, 15) is 9.59 Å². The van der Waals surface area contributed by atoms with Crippen LogP contribution in [0, 0.1) is 0 Å². The molecular formula is C16H19NO4. The van der Waals surface area contributed by atoms with Gasteiger partial charge >= 0.3 is 5.97 Å². The van der Waals surface area contributed by atoms with Crippen molar-refractivity contribution in [2.24, 2.45) is 0 Å². The van der Waals surface area contributed by atoms with E-state index in [0.29, 0.717) is 18.3 Å². The van der Waals surface area contributed by atoms with E-state index in [1.165, 1.54) is 6.08 Å². The number of rotatable bonds is 7. The predicted octanol–water partition coefficient (Wildman–Crippen LogP) is 2.17. The minimum Gasteiger partial charge on any atom is -0.484 e. The third-order valence-corrected chi connectivity index (χ3v) is 3.29. The number of carbonyl (C=O) groups is 2. The van der Waals surface area contributed by atoms with Crippen LogP contribution in [0.15, 0.2) is 30.3 Å². The van der Waals surface area contributed by atoms with Gasteiger partial charge in [-0.1, -0.05) is 12.1 Å². The highest BCUT2D eigenvalue weighted by molar-refractivity contribution is 5.85. The highest BCUT2D eigenvalue weighted by atomic mass is 16.5. The third kappa shape index (κ3) is 4.63. The quantitative estimate of drug-likeness (QED) is 0.781. The van der Waals surface area contributed by atoms with Gasteiger partial charge in [0.1, 0.15) is 5.75 Å². The van der Waals surface area contributed by atoms with Crippen molar-refractivity contribution >= 4 is 18.0 Å². The van der Waals surface area contributed by atoms with Gasteiger partial charge < -0.3 is 14.7 Å². The standard InChI is InChI=1S/C16H19NO4/c1-2-17(13-7-8-13)15(18)11-21-14-5-3-4-12(10-14)6-9-16(19)20/h3-6,9-10,13H,2,7-8,11H2,1H3,(H,19,20). The number of aliphatic carboxylic acids is 1. The predicted molar refractivity (Wildman–Crippen MR) is 79.0 cm³/mol. The topological polar surface area (TPSA) is 66.8 Å². The zero-order valence-electron chi connectivity index (χ0n) is 12.0. The molecule has 1 N–H and O–H groups in total. The molecule has 1 amide bonds. The largest absolute Gasteiger partial charge is 0.484 e. The van der Waals surface area contributed by atoms with Crippen LogP contribution in [0.5, 0.6) is 5.75 Å². The highest BCUT2D eigenvalue weighted by Gasteiger charge is 2.31. The number of nitrogens with zero attached hydrogens (tertiary/aromatic N) is 1. The van der Waals surface area contributed by atoms with E-state index in [2.05, 4.69) is 0 Å². The summed E-state index contributed by atoms with van der Waals surface area (Å²) in [5.41, 5.74) is 0.719. The number of benzene rings is 1. The lowest BCUT2D eigenvalue weighted by atomic mass is 10.2. The maximum Gasteiger partial charge on any atom is 0.328 e. The summed E-state index contributed by atoms with van der Waals surface area (Å²) in [5, 5.41) is 8.60. The smallest absolute Gasteiger partial charge is 0.328 e. The van der Waals surface area contributed by atoms with Crippen molar-refractivity contribution in [1.29, 1.82) is 0 Å². The van der Waals surface area contributed by atoms with Crippen LogP contribution >= 0.6 is 0 Å². The first kappa shape index (κ1) is 15.1. The van der Waals surface area contributed by atoms with E-state index in [-0.39, 0.29) is 12.5 Å². The molecule has 112 valence electrons. The van der Waals surface area contributed by atoms with Crippen molar-refractivity contribution in [2.75, 3.05) is 13.2 Å². The number of carboxylic acid groups (broad SMARTS) is 1. The van der Waals surface area contributed by atoms with Crippen LogP contribution in [-0.4, -0.2) is 41.1 Å². The van der Waals surface area contributed by atoms with E-state index in [0.717, 1.165) is 24.5 Å². The molecule has 5 nitrogen and oxygen atoms in total. The molecular weight excluding hydrogens is 270 g/mol. The monoisotopic (exact) mass is 289 g/mol. The molecule has 0 spiro atoms. The Bertz CT molecular complexity index is 549. The van der Waals surface area contributed by atoms with Crippen molar-refractivity contribution in [1.82, 2.24) is 4.90 Å². The average molecular weight is 289 g/mol. The molecule has 21 heavy (non-hydrogen) atoms. The molecule has 0 unspecified atom stereocenters. The van der Waals surface area contributed by atoms with Gasteiger partial charge in [-0.2, -0.15) is 0 Å². The number of carbonyl (C=O) groups excluding carboxylic acids is 1. The SMILES string of the molecule is CCN(C(=O)COc1cccc(C=CC(=O)O)c1)C1CC1. The zero-order valence-corrected chi connectivity index (χ0v) is 12.0. The molecule has 1 aliphatic rings. The average Bonchev–Trinajstić information content (AvgIpc) is 3.29. The van der Waals surface area contributed by atoms with Gasteiger partial charge in [0.05, 0.1) is 0 Å². The Hall–Kier alpha value is -2.30. The Morgan fingerprint density at radius 3 is 2.81 bits per heavy atom. The van der Waals surface area contributed by atoms with Crippen LogP contribution in [-0.2, 0) is 9.59 Å². The zero-order chi connectivity index (χ0) is 15.2. The van der Waals surface area contributed by atoms with Crippen molar-refractivity contribution in [3.05, 3.63) is 35.9 Å². The number of likely N-dealkylation sites (N-methyl/N-ethyl adjacent to an activating group) is 1. The lowest BCUT2D eigenvalue weighted by molar-refractivity contribution is -0.134. The Balaban J connectivity index is 1.92. The lowest BCUT2D eigenvalue weighted by Gasteiger charge is -2.20. The Kier molecular flexibility index (Phi) is 4.98. The van der Waals surface area contributed by atoms with Gasteiger partial charge in [0.15, 0.2) is 6.61 Å². The second-order valence-corrected chi connectivity index (χ2v) is 4.94. The first-order valence-corrected chi connectivity index (χ1v) is 7.03. The van der Waals surface area contributed by atoms with Crippen molar-refractivity contribution in [3.63, 3.8) is 0 Å². The molecule has 2 rings (SSSR count). The second kappa shape index (κ2) is 6.92. The number of hydrogen-bond acceptors (Lipinski definition) is 3. The molecule has 0 aromatic heterocycles. The van der Waals surface area contributed by atoms with Crippen LogP contribution in [0.25, 0.3) is 6.08 Å². The minimum atomic E-state index is -1.00. The Morgan fingerprint density at radius 2 is 2.19 bits per heavy atom. The summed E-state index contributed by atoms with van der Waals surface area (Å²) in [6, 6.07) is 7.38. The maximum absolute atomic E-state index is 12.0. The first-order chi connectivity index (χ1) is 10.1. The molecule has 1 saturated carbocycles. The molecule has 0 aliphatic heterocycles. The van der Waals surface area contributed by atoms with E-state index < -0.39 is 5.97 Å². The van der Waals surface area contributed by atoms with Gasteiger partial charge in [0.25, 0.3) is 5.91 Å². The molecule has 1 fully saturated rings. The van der Waals surface area contributed by atoms with Gasteiger partial charge in [-0.3, -0.25) is 4.79 Å². The number of ether oxygens (including phenoxy) is 1. The summed E-state index contributed by atoms with van der Waals surface area (Å²) in [6.45, 7) is 2.68. The van der Waals surface area contributed by atoms with Gasteiger partial charge in [-0.15, -0.1) is 0 Å². The summed E-state index contributed by atoms with van der Waals surface area (Å²) in [7, 11) is 0. The summed E-state index contributed by atoms with van der Waals surface area (Å²) in [6.07, 6.45) is 4.71. The van der Waals surface area contributed by atoms with E-state index in [1.807, 2.05) is 11.8 Å². The fourth-order valence-corrected chi connectivity index (χ4v) is 2.13. The van der Waals surface area contributed by atoms with Crippen LogP contribution in [0.4, 0.5) is 0 Å². The molecule has 1 aromatic rings. The summed E-state index contributed by atoms with van der Waals surface area (Å²) >= 11 is 0. The number of hydrogen-bond donors (Lipinski definition) is 1. The van der Waals surface area contributed by atoms with Crippen LogP contribution < -0.4 is 4.74 Å². The molecule has 5 heteroatoms. The molecule has 1 aromatic carbocycles. The van der Waals surface area contributed by atoms with E-state index in [4.69, 9.17) is 9.84 Å². The van der Waals surface area contributed by atoms with Gasteiger partial charge in [-0.05, 0) is 43.5 Å². The van der Waals surface area contributed by atoms with Gasteiger partial charge in [0.2, 0.25) is 0 Å². The first-order valence-electron chi connectivity index (χ1n) is 7.03. The fourth-order valence-electron chi connectivity index (χ4n) is 2.13. The minimum absolute atomic E-state index is 0.00789. The summed E-state index contributed by atoms with van der Waals surface area (Å²) in [5.74, 6) is -0.450. The Morgan fingerprint density at radius 1 is 1.43 bits per heavy atom. The van der Waals surface area contributed by atoms with Crippen LogP contribution in [0.1, 0.15) is 25.3 Å². The van der Waals surface area contributed by atoms with Crippen LogP contribution in [0.2, 0.25) is 0 Å². The normalized spacial score (nSPS) is 14.1. The molecule has 0 saturated heterocycles. The third-order valence-electron chi connectivity index (χ3n) is 3.29. The van der Waals surface area contributed by atoms with E-state index >= 15 is 0 Å². The molecule has 0 atom stereocenters. The van der Waals surface area contributed by atoms with Crippen molar-refractivity contribution in [3.8, 4) is 5.75 Å². The van der Waals surface area contributed by atoms with E-state index in [1.54, 1.807) is 24.3 Å². The Labute approximate surface area is 123 Å². The van der Waals surface area contributed by atoms with Gasteiger partial charge in [-0.25, -0.2) is 4.79 Å². The van der Waals surface area contributed by atoms with Crippen LogP contribution in [0.3, 0.4) is 0 Å². The maximum atomic E-state index is 12.0. The lowest BCUT2D eigenvalue weighted by Crippen LogP contribution is -2.36. The highest BCUT2D eigenvalue weighted by Crippen LogP contribution is 2.26. The second-order valence-electron chi connectivity index (χ2n) is 4.94. The van der Waals surface area contributed by atoms with Crippen molar-refractivity contribution < 1.29 is 19.4 Å². The number of amides is 1. The number of carboxylic acids is 1. The molecule has 0 heterocycles. The molecule has 0 bridgehead atoms. The van der Waals surface area contributed by atoms with Gasteiger partial charge in [0, 0.05) is 18.7 Å². The van der Waals surface area contributed by atoms with Crippen molar-refractivity contribution in [2.45, 2.75) is 25.8 Å². The molecule has 1 aliphatic carbocycles. The fraction of sp³-hybridized carbons (Fsp3) is 0.375. The molecule has 0 radical (unpaired) electrons. The summed E-state index contributed by atoms with van der Waals surface area (Å²) < 4.78 is 5.50. The summed E-state index contributed by atoms with van der Waals surface area (Å²) in [4.78, 5) is 24.4.